The predicted molar refractivity (Wildman–Crippen MR) is 56.6 cm³/mol. The van der Waals surface area contributed by atoms with Crippen LogP contribution in [0.4, 0.5) is 0 Å². The van der Waals surface area contributed by atoms with Crippen molar-refractivity contribution in [3.63, 3.8) is 0 Å². The highest BCUT2D eigenvalue weighted by Gasteiger charge is 2.17. The number of imidazole rings is 1. The second-order valence-corrected chi connectivity index (χ2v) is 3.84. The Morgan fingerprint density at radius 3 is 3.00 bits per heavy atom. The molecule has 0 unspecified atom stereocenters. The second-order valence-electron chi connectivity index (χ2n) is 3.84. The van der Waals surface area contributed by atoms with Crippen LogP contribution in [-0.4, -0.2) is 27.7 Å². The van der Waals surface area contributed by atoms with Crippen LogP contribution >= 0.6 is 0 Å². The van der Waals surface area contributed by atoms with E-state index in [1.54, 1.807) is 0 Å². The van der Waals surface area contributed by atoms with Crippen LogP contribution in [0.2, 0.25) is 0 Å². The number of pyridine rings is 1. The molecule has 0 saturated carbocycles. The standard InChI is InChI=1S/C11H13N3O/c1-2-10-11(12-5-1)14(8-13-10)9-3-6-15-7-4-9/h1-2,5,8-9H,3-4,6-7H2. The van der Waals surface area contributed by atoms with Crippen molar-refractivity contribution in [2.45, 2.75) is 18.9 Å². The number of aromatic nitrogens is 3. The van der Waals surface area contributed by atoms with Gasteiger partial charge in [-0.3, -0.25) is 0 Å². The molecule has 4 heteroatoms. The Bertz CT molecular complexity index is 460. The molecule has 0 N–H and O–H groups in total. The molecular formula is C11H13N3O. The van der Waals surface area contributed by atoms with Crippen LogP contribution < -0.4 is 0 Å². The quantitative estimate of drug-likeness (QED) is 0.709. The van der Waals surface area contributed by atoms with Crippen molar-refractivity contribution >= 4 is 11.2 Å². The highest BCUT2D eigenvalue weighted by molar-refractivity contribution is 5.70. The van der Waals surface area contributed by atoms with Gasteiger partial charge in [-0.1, -0.05) is 0 Å². The van der Waals surface area contributed by atoms with E-state index < -0.39 is 0 Å². The van der Waals surface area contributed by atoms with Gasteiger partial charge in [0.25, 0.3) is 0 Å². The molecule has 78 valence electrons. The zero-order valence-electron chi connectivity index (χ0n) is 8.47. The number of nitrogens with zero attached hydrogens (tertiary/aromatic N) is 3. The van der Waals surface area contributed by atoms with Crippen molar-refractivity contribution in [1.82, 2.24) is 14.5 Å². The van der Waals surface area contributed by atoms with Gasteiger partial charge in [0.2, 0.25) is 0 Å². The second kappa shape index (κ2) is 3.62. The van der Waals surface area contributed by atoms with Gasteiger partial charge >= 0.3 is 0 Å². The molecule has 0 radical (unpaired) electrons. The molecule has 3 heterocycles. The fourth-order valence-corrected chi connectivity index (χ4v) is 2.10. The van der Waals surface area contributed by atoms with Gasteiger partial charge in [-0.05, 0) is 25.0 Å². The minimum Gasteiger partial charge on any atom is -0.381 e. The zero-order valence-corrected chi connectivity index (χ0v) is 8.47. The molecule has 0 bridgehead atoms. The van der Waals surface area contributed by atoms with Crippen molar-refractivity contribution in [1.29, 1.82) is 0 Å². The largest absolute Gasteiger partial charge is 0.381 e. The van der Waals surface area contributed by atoms with Gasteiger partial charge in [0, 0.05) is 25.5 Å². The van der Waals surface area contributed by atoms with Gasteiger partial charge in [0.1, 0.15) is 5.52 Å². The topological polar surface area (TPSA) is 39.9 Å². The van der Waals surface area contributed by atoms with Gasteiger partial charge in [-0.2, -0.15) is 0 Å². The molecule has 1 aliphatic heterocycles. The molecule has 1 aliphatic rings. The fourth-order valence-electron chi connectivity index (χ4n) is 2.10. The fraction of sp³-hybridized carbons (Fsp3) is 0.455. The lowest BCUT2D eigenvalue weighted by Gasteiger charge is -2.23. The normalized spacial score (nSPS) is 18.4. The Balaban J connectivity index is 2.02. The van der Waals surface area contributed by atoms with E-state index in [-0.39, 0.29) is 0 Å². The first-order valence-corrected chi connectivity index (χ1v) is 5.30. The molecule has 0 spiro atoms. The van der Waals surface area contributed by atoms with Crippen molar-refractivity contribution in [3.8, 4) is 0 Å². The third-order valence-corrected chi connectivity index (χ3v) is 2.92. The van der Waals surface area contributed by atoms with Crippen molar-refractivity contribution in [3.05, 3.63) is 24.7 Å². The third kappa shape index (κ3) is 1.51. The first-order valence-electron chi connectivity index (χ1n) is 5.30. The van der Waals surface area contributed by atoms with E-state index in [1.807, 2.05) is 24.7 Å². The molecule has 1 saturated heterocycles. The van der Waals surface area contributed by atoms with E-state index in [1.165, 1.54) is 0 Å². The maximum atomic E-state index is 5.36. The summed E-state index contributed by atoms with van der Waals surface area (Å²) in [6.07, 6.45) is 5.83. The number of rotatable bonds is 1. The van der Waals surface area contributed by atoms with Crippen molar-refractivity contribution < 1.29 is 4.74 Å². The maximum Gasteiger partial charge on any atom is 0.160 e. The summed E-state index contributed by atoms with van der Waals surface area (Å²) in [5.41, 5.74) is 1.97. The monoisotopic (exact) mass is 203 g/mol. The summed E-state index contributed by atoms with van der Waals surface area (Å²) in [5.74, 6) is 0. The zero-order chi connectivity index (χ0) is 10.1. The number of hydrogen-bond donors (Lipinski definition) is 0. The molecular weight excluding hydrogens is 190 g/mol. The molecule has 3 rings (SSSR count). The summed E-state index contributed by atoms with van der Waals surface area (Å²) < 4.78 is 7.53. The van der Waals surface area contributed by atoms with Gasteiger partial charge < -0.3 is 9.30 Å². The van der Waals surface area contributed by atoms with Crippen LogP contribution in [0.5, 0.6) is 0 Å². The van der Waals surface area contributed by atoms with Crippen LogP contribution in [0.3, 0.4) is 0 Å². The highest BCUT2D eigenvalue weighted by atomic mass is 16.5. The minimum absolute atomic E-state index is 0.499. The smallest absolute Gasteiger partial charge is 0.160 e. The molecule has 1 fully saturated rings. The molecule has 2 aromatic rings. The Hall–Kier alpha value is -1.42. The van der Waals surface area contributed by atoms with E-state index in [4.69, 9.17) is 4.74 Å². The van der Waals surface area contributed by atoms with Crippen molar-refractivity contribution in [2.75, 3.05) is 13.2 Å². The molecule has 0 aliphatic carbocycles. The lowest BCUT2D eigenvalue weighted by Crippen LogP contribution is -2.19. The minimum atomic E-state index is 0.499. The molecule has 0 amide bonds. The summed E-state index contributed by atoms with van der Waals surface area (Å²) in [7, 11) is 0. The summed E-state index contributed by atoms with van der Waals surface area (Å²) >= 11 is 0. The van der Waals surface area contributed by atoms with Gasteiger partial charge in [0.05, 0.1) is 6.33 Å². The highest BCUT2D eigenvalue weighted by Crippen LogP contribution is 2.23. The van der Waals surface area contributed by atoms with Crippen LogP contribution in [0.25, 0.3) is 11.2 Å². The van der Waals surface area contributed by atoms with Gasteiger partial charge in [0.15, 0.2) is 5.65 Å². The molecule has 0 aromatic carbocycles. The third-order valence-electron chi connectivity index (χ3n) is 2.92. The maximum absolute atomic E-state index is 5.36. The number of ether oxygens (including phenoxy) is 1. The first kappa shape index (κ1) is 8.85. The van der Waals surface area contributed by atoms with Crippen LogP contribution in [0.15, 0.2) is 24.7 Å². The van der Waals surface area contributed by atoms with E-state index in [0.717, 1.165) is 37.2 Å². The Kier molecular flexibility index (Phi) is 2.14. The Morgan fingerprint density at radius 2 is 2.13 bits per heavy atom. The molecule has 2 aromatic heterocycles. The van der Waals surface area contributed by atoms with E-state index in [9.17, 15) is 0 Å². The predicted octanol–water partition coefficient (Wildman–Crippen LogP) is 1.78. The van der Waals surface area contributed by atoms with Gasteiger partial charge in [-0.25, -0.2) is 9.97 Å². The van der Waals surface area contributed by atoms with Crippen LogP contribution in [0, 0.1) is 0 Å². The average molecular weight is 203 g/mol. The lowest BCUT2D eigenvalue weighted by atomic mass is 10.1. The average Bonchev–Trinajstić information content (AvgIpc) is 2.74. The summed E-state index contributed by atoms with van der Waals surface area (Å²) in [6, 6.07) is 4.42. The van der Waals surface area contributed by atoms with Crippen LogP contribution in [0.1, 0.15) is 18.9 Å². The molecule has 4 nitrogen and oxygen atoms in total. The summed E-state index contributed by atoms with van der Waals surface area (Å²) in [5, 5.41) is 0. The van der Waals surface area contributed by atoms with E-state index >= 15 is 0 Å². The van der Waals surface area contributed by atoms with Gasteiger partial charge in [-0.15, -0.1) is 0 Å². The van der Waals surface area contributed by atoms with E-state index in [2.05, 4.69) is 14.5 Å². The molecule has 0 atom stereocenters. The molecule has 15 heavy (non-hydrogen) atoms. The first-order chi connectivity index (χ1) is 7.45. The Labute approximate surface area is 87.9 Å². The summed E-state index contributed by atoms with van der Waals surface area (Å²) in [6.45, 7) is 1.69. The van der Waals surface area contributed by atoms with Crippen molar-refractivity contribution in [2.24, 2.45) is 0 Å². The number of fused-ring (bicyclic) bond motifs is 1. The Morgan fingerprint density at radius 1 is 1.27 bits per heavy atom. The number of hydrogen-bond acceptors (Lipinski definition) is 3. The summed E-state index contributed by atoms with van der Waals surface area (Å²) in [4.78, 5) is 8.73. The van der Waals surface area contributed by atoms with E-state index in [0.29, 0.717) is 6.04 Å². The SMILES string of the molecule is c1cnc2c(c1)ncn2C1CCOCC1. The lowest BCUT2D eigenvalue weighted by molar-refractivity contribution is 0.0704. The van der Waals surface area contributed by atoms with Crippen LogP contribution in [-0.2, 0) is 4.74 Å².